The van der Waals surface area contributed by atoms with Crippen molar-refractivity contribution < 1.29 is 14.3 Å². The lowest BCUT2D eigenvalue weighted by molar-refractivity contribution is 0.0903. The number of benzene rings is 1. The van der Waals surface area contributed by atoms with Crippen molar-refractivity contribution in [3.63, 3.8) is 0 Å². The van der Waals surface area contributed by atoms with Crippen molar-refractivity contribution in [2.45, 2.75) is 25.4 Å². The van der Waals surface area contributed by atoms with Crippen LogP contribution in [0.25, 0.3) is 0 Å². The summed E-state index contributed by atoms with van der Waals surface area (Å²) in [6, 6.07) is 7.20. The van der Waals surface area contributed by atoms with E-state index in [0.717, 1.165) is 37.9 Å². The Bertz CT molecular complexity index is 343. The van der Waals surface area contributed by atoms with Gasteiger partial charge in [0.15, 0.2) is 0 Å². The second-order valence-corrected chi connectivity index (χ2v) is 3.96. The summed E-state index contributed by atoms with van der Waals surface area (Å²) in [6.07, 6.45) is 4.40. The second kappa shape index (κ2) is 5.66. The van der Waals surface area contributed by atoms with Gasteiger partial charge in [0, 0.05) is 18.6 Å². The first-order valence-corrected chi connectivity index (χ1v) is 5.68. The first kappa shape index (κ1) is 11.1. The first-order valence-electron chi connectivity index (χ1n) is 5.68. The number of aldehydes is 1. The molecular formula is C13H16O3. The van der Waals surface area contributed by atoms with Gasteiger partial charge >= 0.3 is 0 Å². The summed E-state index contributed by atoms with van der Waals surface area (Å²) in [5.74, 6) is 0.752. The Morgan fingerprint density at radius 2 is 2.44 bits per heavy atom. The van der Waals surface area contributed by atoms with E-state index in [2.05, 4.69) is 0 Å². The van der Waals surface area contributed by atoms with Gasteiger partial charge < -0.3 is 9.47 Å². The molecule has 1 aliphatic rings. The van der Waals surface area contributed by atoms with Crippen molar-refractivity contribution in [1.29, 1.82) is 0 Å². The van der Waals surface area contributed by atoms with Crippen LogP contribution in [0.2, 0.25) is 0 Å². The van der Waals surface area contributed by atoms with E-state index in [1.54, 1.807) is 12.1 Å². The Labute approximate surface area is 95.4 Å². The molecule has 1 aromatic rings. The van der Waals surface area contributed by atoms with Gasteiger partial charge in [-0.2, -0.15) is 0 Å². The minimum atomic E-state index is 0.356. The van der Waals surface area contributed by atoms with Crippen molar-refractivity contribution in [2.75, 3.05) is 13.2 Å². The molecule has 0 N–H and O–H groups in total. The van der Waals surface area contributed by atoms with Crippen LogP contribution in [-0.2, 0) is 4.74 Å². The number of carbonyl (C=O) groups excluding carboxylic acids is 1. The van der Waals surface area contributed by atoms with Crippen molar-refractivity contribution in [2.24, 2.45) is 0 Å². The zero-order chi connectivity index (χ0) is 11.2. The third kappa shape index (κ3) is 3.07. The maximum Gasteiger partial charge on any atom is 0.150 e. The van der Waals surface area contributed by atoms with Crippen LogP contribution in [0.1, 0.15) is 29.6 Å². The minimum Gasteiger partial charge on any atom is -0.493 e. The van der Waals surface area contributed by atoms with Gasteiger partial charge in [-0.15, -0.1) is 0 Å². The zero-order valence-corrected chi connectivity index (χ0v) is 9.22. The monoisotopic (exact) mass is 220 g/mol. The Balaban J connectivity index is 1.77. The lowest BCUT2D eigenvalue weighted by Gasteiger charge is -2.10. The molecule has 0 aliphatic carbocycles. The number of hydrogen-bond acceptors (Lipinski definition) is 3. The molecule has 1 unspecified atom stereocenters. The van der Waals surface area contributed by atoms with Crippen LogP contribution in [-0.4, -0.2) is 25.6 Å². The van der Waals surface area contributed by atoms with Gasteiger partial charge in [0.2, 0.25) is 0 Å². The topological polar surface area (TPSA) is 35.5 Å². The number of hydrogen-bond donors (Lipinski definition) is 0. The molecule has 2 rings (SSSR count). The van der Waals surface area contributed by atoms with Crippen molar-refractivity contribution >= 4 is 6.29 Å². The Kier molecular flexibility index (Phi) is 3.94. The van der Waals surface area contributed by atoms with Crippen molar-refractivity contribution in [1.82, 2.24) is 0 Å². The van der Waals surface area contributed by atoms with E-state index < -0.39 is 0 Å². The van der Waals surface area contributed by atoms with Crippen LogP contribution in [0.3, 0.4) is 0 Å². The van der Waals surface area contributed by atoms with E-state index in [4.69, 9.17) is 9.47 Å². The predicted octanol–water partition coefficient (Wildman–Crippen LogP) is 2.45. The summed E-state index contributed by atoms with van der Waals surface area (Å²) in [5.41, 5.74) is 0.648. The lowest BCUT2D eigenvalue weighted by atomic mass is 10.2. The van der Waals surface area contributed by atoms with Gasteiger partial charge in [-0.1, -0.05) is 12.1 Å². The van der Waals surface area contributed by atoms with E-state index in [-0.39, 0.29) is 0 Å². The molecule has 86 valence electrons. The molecule has 1 fully saturated rings. The minimum absolute atomic E-state index is 0.356. The molecule has 1 saturated heterocycles. The van der Waals surface area contributed by atoms with E-state index in [1.165, 1.54) is 0 Å². The van der Waals surface area contributed by atoms with Gasteiger partial charge in [-0.25, -0.2) is 0 Å². The molecule has 3 heteroatoms. The third-order valence-corrected chi connectivity index (χ3v) is 2.73. The molecule has 0 saturated carbocycles. The quantitative estimate of drug-likeness (QED) is 0.715. The molecule has 1 aromatic carbocycles. The molecule has 1 heterocycles. The van der Waals surface area contributed by atoms with Crippen LogP contribution in [0.5, 0.6) is 5.75 Å². The van der Waals surface area contributed by atoms with Gasteiger partial charge in [0.1, 0.15) is 12.0 Å². The van der Waals surface area contributed by atoms with Crippen LogP contribution in [0.4, 0.5) is 0 Å². The Hall–Kier alpha value is -1.35. The average molecular weight is 220 g/mol. The maximum atomic E-state index is 10.6. The summed E-state index contributed by atoms with van der Waals surface area (Å²) in [4.78, 5) is 10.6. The van der Waals surface area contributed by atoms with Crippen LogP contribution < -0.4 is 4.74 Å². The highest BCUT2D eigenvalue weighted by molar-refractivity contribution is 5.75. The molecule has 3 nitrogen and oxygen atoms in total. The Morgan fingerprint density at radius 1 is 1.50 bits per heavy atom. The third-order valence-electron chi connectivity index (χ3n) is 2.73. The molecule has 1 aliphatic heterocycles. The zero-order valence-electron chi connectivity index (χ0n) is 9.22. The molecule has 16 heavy (non-hydrogen) atoms. The lowest BCUT2D eigenvalue weighted by Crippen LogP contribution is -2.10. The first-order chi connectivity index (χ1) is 7.88. The van der Waals surface area contributed by atoms with E-state index >= 15 is 0 Å². The summed E-state index contributed by atoms with van der Waals surface area (Å²) in [5, 5.41) is 0. The second-order valence-electron chi connectivity index (χ2n) is 3.96. The highest BCUT2D eigenvalue weighted by atomic mass is 16.5. The van der Waals surface area contributed by atoms with Crippen LogP contribution in [0, 0.1) is 0 Å². The Morgan fingerprint density at radius 3 is 3.19 bits per heavy atom. The molecule has 0 aromatic heterocycles. The highest BCUT2D eigenvalue weighted by Crippen LogP contribution is 2.17. The van der Waals surface area contributed by atoms with E-state index in [0.29, 0.717) is 18.3 Å². The normalized spacial score (nSPS) is 19.6. The number of ether oxygens (including phenoxy) is 2. The fraction of sp³-hybridized carbons (Fsp3) is 0.462. The highest BCUT2D eigenvalue weighted by Gasteiger charge is 2.14. The van der Waals surface area contributed by atoms with E-state index in [9.17, 15) is 4.79 Å². The SMILES string of the molecule is O=Cc1cccc(OCCC2CCCO2)c1. The van der Waals surface area contributed by atoms with Crippen molar-refractivity contribution in [3.8, 4) is 5.75 Å². The standard InChI is InChI=1S/C13H16O3/c14-10-11-3-1-4-13(9-11)16-8-6-12-5-2-7-15-12/h1,3-4,9-10,12H,2,5-8H2. The molecule has 0 radical (unpaired) electrons. The molecule has 0 spiro atoms. The summed E-state index contributed by atoms with van der Waals surface area (Å²) in [7, 11) is 0. The largest absolute Gasteiger partial charge is 0.493 e. The average Bonchev–Trinajstić information content (AvgIpc) is 2.82. The van der Waals surface area contributed by atoms with Gasteiger partial charge in [0.05, 0.1) is 12.7 Å². The smallest absolute Gasteiger partial charge is 0.150 e. The number of carbonyl (C=O) groups is 1. The maximum absolute atomic E-state index is 10.6. The molecule has 0 amide bonds. The van der Waals surface area contributed by atoms with Gasteiger partial charge in [-0.05, 0) is 25.0 Å². The predicted molar refractivity (Wildman–Crippen MR) is 60.9 cm³/mol. The molecule has 0 bridgehead atoms. The number of rotatable bonds is 5. The molecule has 1 atom stereocenters. The van der Waals surface area contributed by atoms with Crippen LogP contribution in [0.15, 0.2) is 24.3 Å². The van der Waals surface area contributed by atoms with Crippen molar-refractivity contribution in [3.05, 3.63) is 29.8 Å². The summed E-state index contributed by atoms with van der Waals surface area (Å²) < 4.78 is 11.1. The van der Waals surface area contributed by atoms with Gasteiger partial charge in [-0.3, -0.25) is 4.79 Å². The van der Waals surface area contributed by atoms with Crippen LogP contribution >= 0.6 is 0 Å². The fourth-order valence-electron chi connectivity index (χ4n) is 1.86. The van der Waals surface area contributed by atoms with E-state index in [1.807, 2.05) is 12.1 Å². The fourth-order valence-corrected chi connectivity index (χ4v) is 1.86. The van der Waals surface area contributed by atoms with Gasteiger partial charge in [0.25, 0.3) is 0 Å². The summed E-state index contributed by atoms with van der Waals surface area (Å²) >= 11 is 0. The molecular weight excluding hydrogens is 204 g/mol. The summed E-state index contributed by atoms with van der Waals surface area (Å²) in [6.45, 7) is 1.53.